The second-order valence-electron chi connectivity index (χ2n) is 6.88. The molecule has 1 unspecified atom stereocenters. The zero-order chi connectivity index (χ0) is 17.8. The fourth-order valence-corrected chi connectivity index (χ4v) is 3.15. The first-order valence-electron chi connectivity index (χ1n) is 9.39. The van der Waals surface area contributed by atoms with Gasteiger partial charge in [0.1, 0.15) is 0 Å². The molecule has 0 N–H and O–H groups in total. The fourth-order valence-electron chi connectivity index (χ4n) is 3.15. The number of benzene rings is 1. The molecular weight excluding hydrogens is 332 g/mol. The first-order chi connectivity index (χ1) is 12.8. The highest BCUT2D eigenvalue weighted by molar-refractivity contribution is 5.64. The van der Waals surface area contributed by atoms with Crippen LogP contribution in [-0.2, 0) is 16.0 Å². The van der Waals surface area contributed by atoms with E-state index in [1.807, 2.05) is 35.1 Å². The molecule has 1 aliphatic heterocycles. The molecule has 2 fully saturated rings. The molecule has 6 heteroatoms. The maximum atomic E-state index is 6.01. The van der Waals surface area contributed by atoms with E-state index in [0.717, 1.165) is 49.8 Å². The lowest BCUT2D eigenvalue weighted by Crippen LogP contribution is -2.14. The Bertz CT molecular complexity index is 720. The Kier molecular flexibility index (Phi) is 5.41. The van der Waals surface area contributed by atoms with Crippen molar-refractivity contribution in [2.45, 2.75) is 38.5 Å². The molecule has 0 radical (unpaired) electrons. The molecule has 140 valence electrons. The molecule has 4 rings (SSSR count). The van der Waals surface area contributed by atoms with Crippen molar-refractivity contribution in [3.8, 4) is 22.8 Å². The smallest absolute Gasteiger partial charge is 0.200 e. The molecule has 26 heavy (non-hydrogen) atoms. The summed E-state index contributed by atoms with van der Waals surface area (Å²) in [6.07, 6.45) is 6.18. The topological polar surface area (TPSA) is 54.7 Å². The van der Waals surface area contributed by atoms with Crippen molar-refractivity contribution >= 4 is 0 Å². The van der Waals surface area contributed by atoms with E-state index in [4.69, 9.17) is 18.9 Å². The molecule has 1 saturated heterocycles. The minimum atomic E-state index is -0.195. The van der Waals surface area contributed by atoms with Crippen LogP contribution in [0.5, 0.6) is 11.5 Å². The van der Waals surface area contributed by atoms with Gasteiger partial charge in [0.25, 0.3) is 0 Å². The van der Waals surface area contributed by atoms with E-state index in [1.54, 1.807) is 7.11 Å². The van der Waals surface area contributed by atoms with Gasteiger partial charge in [-0.2, -0.15) is 5.10 Å². The minimum Gasteiger partial charge on any atom is -0.493 e. The third kappa shape index (κ3) is 4.19. The summed E-state index contributed by atoms with van der Waals surface area (Å²) >= 11 is 0. The van der Waals surface area contributed by atoms with Crippen LogP contribution in [0, 0.1) is 5.92 Å². The second kappa shape index (κ2) is 8.10. The standard InChI is InChI=1S/C20H26N2O4/c1-23-18-7-6-16(13-19(18)26-20-3-2-11-25-20)17-8-9-21-22(17)10-12-24-14-15-4-5-15/h6-9,13,15,20H,2-5,10-12,14H2,1H3. The van der Waals surface area contributed by atoms with E-state index in [0.29, 0.717) is 18.1 Å². The Morgan fingerprint density at radius 1 is 1.19 bits per heavy atom. The lowest BCUT2D eigenvalue weighted by molar-refractivity contribution is -0.0402. The number of nitrogens with zero attached hydrogens (tertiary/aromatic N) is 2. The van der Waals surface area contributed by atoms with Crippen molar-refractivity contribution in [3.05, 3.63) is 30.5 Å². The maximum absolute atomic E-state index is 6.01. The van der Waals surface area contributed by atoms with E-state index >= 15 is 0 Å². The van der Waals surface area contributed by atoms with Crippen molar-refractivity contribution in [1.29, 1.82) is 0 Å². The average Bonchev–Trinajstić information content (AvgIpc) is 3.14. The summed E-state index contributed by atoms with van der Waals surface area (Å²) in [7, 11) is 1.65. The van der Waals surface area contributed by atoms with Crippen molar-refractivity contribution in [2.75, 3.05) is 26.9 Å². The van der Waals surface area contributed by atoms with Crippen molar-refractivity contribution < 1.29 is 18.9 Å². The summed E-state index contributed by atoms with van der Waals surface area (Å²) < 4.78 is 24.8. The Morgan fingerprint density at radius 2 is 2.12 bits per heavy atom. The first kappa shape index (κ1) is 17.4. The van der Waals surface area contributed by atoms with Gasteiger partial charge in [0.2, 0.25) is 0 Å². The molecule has 1 aliphatic carbocycles. The van der Waals surface area contributed by atoms with E-state index in [2.05, 4.69) is 5.10 Å². The van der Waals surface area contributed by atoms with Gasteiger partial charge in [0.05, 0.1) is 32.6 Å². The molecule has 1 aromatic heterocycles. The van der Waals surface area contributed by atoms with Crippen LogP contribution < -0.4 is 9.47 Å². The molecule has 6 nitrogen and oxygen atoms in total. The summed E-state index contributed by atoms with van der Waals surface area (Å²) in [4.78, 5) is 0. The maximum Gasteiger partial charge on any atom is 0.200 e. The molecule has 2 aromatic rings. The molecule has 2 aliphatic rings. The number of hydrogen-bond donors (Lipinski definition) is 0. The third-order valence-electron chi connectivity index (χ3n) is 4.82. The Labute approximate surface area is 154 Å². The van der Waals surface area contributed by atoms with Crippen molar-refractivity contribution in [2.24, 2.45) is 5.92 Å². The Morgan fingerprint density at radius 3 is 2.88 bits per heavy atom. The van der Waals surface area contributed by atoms with Crippen LogP contribution in [0.25, 0.3) is 11.3 Å². The van der Waals surface area contributed by atoms with E-state index in [1.165, 1.54) is 12.8 Å². The second-order valence-corrected chi connectivity index (χ2v) is 6.88. The van der Waals surface area contributed by atoms with E-state index < -0.39 is 0 Å². The van der Waals surface area contributed by atoms with Crippen molar-refractivity contribution in [3.63, 3.8) is 0 Å². The summed E-state index contributed by atoms with van der Waals surface area (Å²) in [5, 5.41) is 4.44. The summed E-state index contributed by atoms with van der Waals surface area (Å²) in [5.74, 6) is 2.20. The summed E-state index contributed by atoms with van der Waals surface area (Å²) in [6, 6.07) is 7.97. The fraction of sp³-hybridized carbons (Fsp3) is 0.550. The Balaban J connectivity index is 1.46. The van der Waals surface area contributed by atoms with E-state index in [9.17, 15) is 0 Å². The van der Waals surface area contributed by atoms with Gasteiger partial charge in [0.15, 0.2) is 17.8 Å². The molecule has 1 saturated carbocycles. The zero-order valence-electron chi connectivity index (χ0n) is 15.2. The van der Waals surface area contributed by atoms with Crippen LogP contribution in [0.15, 0.2) is 30.5 Å². The molecule has 0 amide bonds. The number of rotatable bonds is 9. The van der Waals surface area contributed by atoms with Gasteiger partial charge in [-0.05, 0) is 49.4 Å². The quantitative estimate of drug-likeness (QED) is 0.642. The highest BCUT2D eigenvalue weighted by atomic mass is 16.7. The van der Waals surface area contributed by atoms with Gasteiger partial charge in [-0.3, -0.25) is 4.68 Å². The number of ether oxygens (including phenoxy) is 4. The van der Waals surface area contributed by atoms with Crippen LogP contribution in [0.1, 0.15) is 25.7 Å². The summed E-state index contributed by atoms with van der Waals surface area (Å²) in [6.45, 7) is 3.04. The molecular formula is C20H26N2O4. The highest BCUT2D eigenvalue weighted by Crippen LogP contribution is 2.34. The first-order valence-corrected chi connectivity index (χ1v) is 9.39. The monoisotopic (exact) mass is 358 g/mol. The largest absolute Gasteiger partial charge is 0.493 e. The van der Waals surface area contributed by atoms with Crippen LogP contribution in [0.4, 0.5) is 0 Å². The van der Waals surface area contributed by atoms with Gasteiger partial charge >= 0.3 is 0 Å². The van der Waals surface area contributed by atoms with Crippen LogP contribution in [0.2, 0.25) is 0 Å². The predicted octanol–water partition coefficient (Wildman–Crippen LogP) is 3.50. The molecule has 1 aromatic carbocycles. The number of aromatic nitrogens is 2. The molecule has 0 spiro atoms. The highest BCUT2D eigenvalue weighted by Gasteiger charge is 2.21. The molecule has 2 heterocycles. The van der Waals surface area contributed by atoms with Crippen LogP contribution in [0.3, 0.4) is 0 Å². The van der Waals surface area contributed by atoms with Crippen molar-refractivity contribution in [1.82, 2.24) is 9.78 Å². The zero-order valence-corrected chi connectivity index (χ0v) is 15.2. The molecule has 1 atom stereocenters. The number of hydrogen-bond acceptors (Lipinski definition) is 5. The van der Waals surface area contributed by atoms with Gasteiger partial charge in [-0.25, -0.2) is 0 Å². The van der Waals surface area contributed by atoms with Crippen LogP contribution >= 0.6 is 0 Å². The average molecular weight is 358 g/mol. The van der Waals surface area contributed by atoms with Gasteiger partial charge in [-0.15, -0.1) is 0 Å². The summed E-state index contributed by atoms with van der Waals surface area (Å²) in [5.41, 5.74) is 2.08. The van der Waals surface area contributed by atoms with Gasteiger partial charge in [-0.1, -0.05) is 0 Å². The number of methoxy groups -OCH3 is 1. The van der Waals surface area contributed by atoms with Gasteiger partial charge in [0, 0.05) is 24.8 Å². The third-order valence-corrected chi connectivity index (χ3v) is 4.82. The normalized spacial score (nSPS) is 19.7. The minimum absolute atomic E-state index is 0.195. The Hall–Kier alpha value is -2.05. The SMILES string of the molecule is COc1ccc(-c2ccnn2CCOCC2CC2)cc1OC1CCCO1. The lowest BCUT2D eigenvalue weighted by Gasteiger charge is -2.17. The van der Waals surface area contributed by atoms with Crippen LogP contribution in [-0.4, -0.2) is 43.0 Å². The lowest BCUT2D eigenvalue weighted by atomic mass is 10.1. The molecule has 0 bridgehead atoms. The van der Waals surface area contributed by atoms with Gasteiger partial charge < -0.3 is 18.9 Å². The van der Waals surface area contributed by atoms with E-state index in [-0.39, 0.29) is 6.29 Å². The predicted molar refractivity (Wildman–Crippen MR) is 97.4 cm³/mol.